The molecule has 0 aromatic carbocycles. The highest BCUT2D eigenvalue weighted by molar-refractivity contribution is 5.49. The van der Waals surface area contributed by atoms with Gasteiger partial charge in [0.05, 0.1) is 0 Å². The second-order valence-electron chi connectivity index (χ2n) is 5.12. The number of hydrogen-bond donors (Lipinski definition) is 0. The van der Waals surface area contributed by atoms with Gasteiger partial charge in [0.2, 0.25) is 0 Å². The molecule has 0 heterocycles. The van der Waals surface area contributed by atoms with Crippen LogP contribution in [-0.2, 0) is 4.79 Å². The Labute approximate surface area is 107 Å². The Hall–Kier alpha value is -0.850. The summed E-state index contributed by atoms with van der Waals surface area (Å²) in [4.78, 5) is 10.4. The van der Waals surface area contributed by atoms with Gasteiger partial charge in [0.15, 0.2) is 0 Å². The molecule has 0 N–H and O–H groups in total. The standard InChI is InChI=1S/C16H28O/c1-5-16(10-6-8-14(2)3)11-7-9-15(4)12-13-17/h8,11,13,15H,5-7,9-10,12H2,1-4H3/b16-11+. The highest BCUT2D eigenvalue weighted by atomic mass is 16.1. The van der Waals surface area contributed by atoms with Crippen molar-refractivity contribution in [1.29, 1.82) is 0 Å². The monoisotopic (exact) mass is 236 g/mol. The van der Waals surface area contributed by atoms with E-state index < -0.39 is 0 Å². The predicted octanol–water partition coefficient (Wildman–Crippen LogP) is 5.07. The van der Waals surface area contributed by atoms with Crippen molar-refractivity contribution in [3.63, 3.8) is 0 Å². The van der Waals surface area contributed by atoms with Crippen molar-refractivity contribution in [3.8, 4) is 0 Å². The fourth-order valence-corrected chi connectivity index (χ4v) is 1.82. The van der Waals surface area contributed by atoms with E-state index in [9.17, 15) is 4.79 Å². The molecule has 1 heteroatoms. The van der Waals surface area contributed by atoms with Gasteiger partial charge in [0, 0.05) is 6.42 Å². The Morgan fingerprint density at radius 2 is 1.88 bits per heavy atom. The van der Waals surface area contributed by atoms with Gasteiger partial charge in [0.1, 0.15) is 6.29 Å². The Bertz CT molecular complexity index is 257. The maximum Gasteiger partial charge on any atom is 0.120 e. The zero-order valence-corrected chi connectivity index (χ0v) is 12.0. The smallest absolute Gasteiger partial charge is 0.120 e. The first-order chi connectivity index (χ1) is 8.10. The van der Waals surface area contributed by atoms with Crippen LogP contribution in [0.5, 0.6) is 0 Å². The molecule has 98 valence electrons. The minimum atomic E-state index is 0.527. The molecule has 0 aliphatic carbocycles. The van der Waals surface area contributed by atoms with Gasteiger partial charge in [-0.25, -0.2) is 0 Å². The van der Waals surface area contributed by atoms with Crippen LogP contribution in [0, 0.1) is 5.92 Å². The van der Waals surface area contributed by atoms with Crippen LogP contribution in [0.3, 0.4) is 0 Å². The third kappa shape index (κ3) is 10.0. The topological polar surface area (TPSA) is 17.1 Å². The third-order valence-corrected chi connectivity index (χ3v) is 3.06. The fourth-order valence-electron chi connectivity index (χ4n) is 1.82. The van der Waals surface area contributed by atoms with Gasteiger partial charge in [-0.15, -0.1) is 0 Å². The van der Waals surface area contributed by atoms with Crippen molar-refractivity contribution >= 4 is 6.29 Å². The molecule has 0 aliphatic rings. The van der Waals surface area contributed by atoms with E-state index in [1.165, 1.54) is 12.0 Å². The van der Waals surface area contributed by atoms with Crippen LogP contribution in [0.4, 0.5) is 0 Å². The molecule has 0 rings (SSSR count). The molecule has 0 aromatic heterocycles. The Morgan fingerprint density at radius 3 is 2.41 bits per heavy atom. The van der Waals surface area contributed by atoms with E-state index >= 15 is 0 Å². The van der Waals surface area contributed by atoms with Gasteiger partial charge in [-0.05, 0) is 51.9 Å². The molecule has 1 unspecified atom stereocenters. The van der Waals surface area contributed by atoms with Crippen LogP contribution in [0.25, 0.3) is 0 Å². The molecular formula is C16H28O. The van der Waals surface area contributed by atoms with Crippen molar-refractivity contribution in [2.45, 2.75) is 66.2 Å². The number of rotatable bonds is 9. The minimum absolute atomic E-state index is 0.527. The van der Waals surface area contributed by atoms with Crippen LogP contribution in [0.1, 0.15) is 66.2 Å². The second-order valence-corrected chi connectivity index (χ2v) is 5.12. The summed E-state index contributed by atoms with van der Waals surface area (Å²) in [7, 11) is 0. The largest absolute Gasteiger partial charge is 0.303 e. The lowest BCUT2D eigenvalue weighted by atomic mass is 9.99. The van der Waals surface area contributed by atoms with Gasteiger partial charge < -0.3 is 4.79 Å². The lowest BCUT2D eigenvalue weighted by molar-refractivity contribution is -0.108. The number of allylic oxidation sites excluding steroid dienone is 4. The molecule has 0 saturated carbocycles. The number of hydrogen-bond acceptors (Lipinski definition) is 1. The molecule has 1 atom stereocenters. The number of carbonyl (C=O) groups excluding carboxylic acids is 1. The normalized spacial score (nSPS) is 13.3. The molecule has 0 aromatic rings. The predicted molar refractivity (Wildman–Crippen MR) is 76.1 cm³/mol. The van der Waals surface area contributed by atoms with E-state index in [1.54, 1.807) is 5.57 Å². The molecule has 0 bridgehead atoms. The van der Waals surface area contributed by atoms with Crippen LogP contribution in [0.2, 0.25) is 0 Å². The first-order valence-corrected chi connectivity index (χ1v) is 6.85. The van der Waals surface area contributed by atoms with E-state index in [0.717, 1.165) is 32.0 Å². The van der Waals surface area contributed by atoms with Crippen LogP contribution >= 0.6 is 0 Å². The van der Waals surface area contributed by atoms with Gasteiger partial charge in [-0.3, -0.25) is 0 Å². The minimum Gasteiger partial charge on any atom is -0.303 e. The lowest BCUT2D eigenvalue weighted by Crippen LogP contribution is -1.94. The summed E-state index contributed by atoms with van der Waals surface area (Å²) >= 11 is 0. The average molecular weight is 236 g/mol. The Balaban J connectivity index is 3.92. The molecule has 0 radical (unpaired) electrons. The summed E-state index contributed by atoms with van der Waals surface area (Å²) in [6, 6.07) is 0. The van der Waals surface area contributed by atoms with Crippen LogP contribution in [0.15, 0.2) is 23.3 Å². The SMILES string of the molecule is CC/C(=C\CCC(C)CC=O)CCC=C(C)C. The average Bonchev–Trinajstić information content (AvgIpc) is 2.27. The summed E-state index contributed by atoms with van der Waals surface area (Å²) < 4.78 is 0. The molecular weight excluding hydrogens is 208 g/mol. The van der Waals surface area contributed by atoms with Gasteiger partial charge in [0.25, 0.3) is 0 Å². The van der Waals surface area contributed by atoms with Gasteiger partial charge in [-0.2, -0.15) is 0 Å². The first-order valence-electron chi connectivity index (χ1n) is 6.85. The second kappa shape index (κ2) is 10.3. The van der Waals surface area contributed by atoms with E-state index in [2.05, 4.69) is 39.8 Å². The summed E-state index contributed by atoms with van der Waals surface area (Å²) in [6.45, 7) is 8.67. The summed E-state index contributed by atoms with van der Waals surface area (Å²) in [6.07, 6.45) is 12.2. The maximum absolute atomic E-state index is 10.4. The maximum atomic E-state index is 10.4. The Kier molecular flexibility index (Phi) is 9.80. The van der Waals surface area contributed by atoms with Crippen molar-refractivity contribution in [3.05, 3.63) is 23.3 Å². The molecule has 0 saturated heterocycles. The van der Waals surface area contributed by atoms with Gasteiger partial charge >= 0.3 is 0 Å². The molecule has 0 aliphatic heterocycles. The summed E-state index contributed by atoms with van der Waals surface area (Å²) in [5.74, 6) is 0.527. The zero-order valence-electron chi connectivity index (χ0n) is 12.0. The summed E-state index contributed by atoms with van der Waals surface area (Å²) in [5.41, 5.74) is 2.96. The molecule has 0 amide bonds. The summed E-state index contributed by atoms with van der Waals surface area (Å²) in [5, 5.41) is 0. The Morgan fingerprint density at radius 1 is 1.18 bits per heavy atom. The van der Waals surface area contributed by atoms with Crippen LogP contribution < -0.4 is 0 Å². The lowest BCUT2D eigenvalue weighted by Gasteiger charge is -2.07. The fraction of sp³-hybridized carbons (Fsp3) is 0.688. The molecule has 0 fully saturated rings. The van der Waals surface area contributed by atoms with Crippen molar-refractivity contribution in [2.24, 2.45) is 5.92 Å². The van der Waals surface area contributed by atoms with Crippen molar-refractivity contribution in [1.82, 2.24) is 0 Å². The molecule has 17 heavy (non-hydrogen) atoms. The molecule has 1 nitrogen and oxygen atoms in total. The third-order valence-electron chi connectivity index (χ3n) is 3.06. The quantitative estimate of drug-likeness (QED) is 0.403. The number of aldehydes is 1. The van der Waals surface area contributed by atoms with E-state index in [0.29, 0.717) is 12.3 Å². The van der Waals surface area contributed by atoms with Crippen molar-refractivity contribution < 1.29 is 4.79 Å². The number of carbonyl (C=O) groups is 1. The van der Waals surface area contributed by atoms with E-state index in [4.69, 9.17) is 0 Å². The zero-order chi connectivity index (χ0) is 13.1. The highest BCUT2D eigenvalue weighted by Crippen LogP contribution is 2.15. The van der Waals surface area contributed by atoms with Crippen molar-refractivity contribution in [2.75, 3.05) is 0 Å². The van der Waals surface area contributed by atoms with Gasteiger partial charge in [-0.1, -0.05) is 37.1 Å². The van der Waals surface area contributed by atoms with E-state index in [1.807, 2.05) is 0 Å². The van der Waals surface area contributed by atoms with Crippen LogP contribution in [-0.4, -0.2) is 6.29 Å². The van der Waals surface area contributed by atoms with E-state index in [-0.39, 0.29) is 0 Å². The first kappa shape index (κ1) is 16.1. The molecule has 0 spiro atoms. The highest BCUT2D eigenvalue weighted by Gasteiger charge is 2.00.